The van der Waals surface area contributed by atoms with E-state index < -0.39 is 40.4 Å². The molecule has 3 aliphatic rings. The predicted octanol–water partition coefficient (Wildman–Crippen LogP) is 2.77. The Hall–Kier alpha value is -1.40. The molecule has 2 bridgehead atoms. The Morgan fingerprint density at radius 3 is 2.37 bits per heavy atom. The molecule has 3 rings (SSSR count). The van der Waals surface area contributed by atoms with Crippen LogP contribution in [0.2, 0.25) is 0 Å². The van der Waals surface area contributed by atoms with Crippen LogP contribution in [0.5, 0.6) is 0 Å². The lowest BCUT2D eigenvalue weighted by Gasteiger charge is -2.50. The Labute approximate surface area is 161 Å². The zero-order valence-electron chi connectivity index (χ0n) is 17.4. The molecule has 0 aromatic heterocycles. The second-order valence-electron chi connectivity index (χ2n) is 9.98. The molecule has 152 valence electrons. The van der Waals surface area contributed by atoms with Gasteiger partial charge in [0.05, 0.1) is 16.8 Å². The third-order valence-corrected chi connectivity index (χ3v) is 7.22. The summed E-state index contributed by atoms with van der Waals surface area (Å²) in [7, 11) is 0. The van der Waals surface area contributed by atoms with Crippen LogP contribution in [-0.4, -0.2) is 46.1 Å². The van der Waals surface area contributed by atoms with Crippen LogP contribution in [0.3, 0.4) is 0 Å². The van der Waals surface area contributed by atoms with E-state index >= 15 is 0 Å². The zero-order chi connectivity index (χ0) is 20.6. The van der Waals surface area contributed by atoms with Gasteiger partial charge >= 0.3 is 11.9 Å². The third kappa shape index (κ3) is 2.75. The molecule has 5 unspecified atom stereocenters. The molecule has 5 atom stereocenters. The zero-order valence-corrected chi connectivity index (χ0v) is 17.4. The highest BCUT2D eigenvalue weighted by atomic mass is 16.6. The van der Waals surface area contributed by atoms with Crippen LogP contribution in [-0.2, 0) is 23.8 Å². The van der Waals surface area contributed by atoms with Gasteiger partial charge in [0, 0.05) is 17.4 Å². The Kier molecular flexibility index (Phi) is 4.37. The number of esters is 2. The van der Waals surface area contributed by atoms with Gasteiger partial charge in [0.2, 0.25) is 0 Å². The number of aliphatic hydroxyl groups is 1. The Balaban J connectivity index is 1.88. The number of hydrogen-bond acceptors (Lipinski definition) is 6. The van der Waals surface area contributed by atoms with Crippen molar-refractivity contribution in [3.8, 4) is 0 Å². The molecule has 0 radical (unpaired) electrons. The van der Waals surface area contributed by atoms with E-state index in [0.29, 0.717) is 12.0 Å². The second kappa shape index (κ2) is 5.80. The SMILES string of the molecule is C=C(C)C(=O)OC1C2CC3C1OC(=O)C3(C(C)(C)OC(C)(C)C(C)(C)O)C2. The summed E-state index contributed by atoms with van der Waals surface area (Å²) >= 11 is 0. The van der Waals surface area contributed by atoms with Gasteiger partial charge in [-0.3, -0.25) is 4.79 Å². The quantitative estimate of drug-likeness (QED) is 0.564. The van der Waals surface area contributed by atoms with E-state index in [0.717, 1.165) is 6.42 Å². The minimum absolute atomic E-state index is 0.0582. The lowest BCUT2D eigenvalue weighted by atomic mass is 9.63. The maximum atomic E-state index is 13.0. The van der Waals surface area contributed by atoms with Crippen LogP contribution < -0.4 is 0 Å². The van der Waals surface area contributed by atoms with Gasteiger partial charge in [-0.05, 0) is 61.3 Å². The summed E-state index contributed by atoms with van der Waals surface area (Å²) in [6.45, 7) is 16.1. The molecule has 0 spiro atoms. The predicted molar refractivity (Wildman–Crippen MR) is 98.8 cm³/mol. The van der Waals surface area contributed by atoms with E-state index in [-0.39, 0.29) is 17.8 Å². The molecule has 1 aliphatic heterocycles. The van der Waals surface area contributed by atoms with Gasteiger partial charge in [0.25, 0.3) is 0 Å². The maximum Gasteiger partial charge on any atom is 0.333 e. The molecule has 6 heteroatoms. The van der Waals surface area contributed by atoms with Crippen molar-refractivity contribution >= 4 is 11.9 Å². The largest absolute Gasteiger partial charge is 0.458 e. The molecule has 6 nitrogen and oxygen atoms in total. The normalized spacial score (nSPS) is 35.3. The van der Waals surface area contributed by atoms with Crippen molar-refractivity contribution in [1.29, 1.82) is 0 Å². The highest BCUT2D eigenvalue weighted by Gasteiger charge is 2.76. The molecule has 1 heterocycles. The maximum absolute atomic E-state index is 13.0. The lowest BCUT2D eigenvalue weighted by Crippen LogP contribution is -2.60. The van der Waals surface area contributed by atoms with Crippen LogP contribution >= 0.6 is 0 Å². The van der Waals surface area contributed by atoms with Gasteiger partial charge in [-0.25, -0.2) is 4.79 Å². The van der Waals surface area contributed by atoms with Gasteiger partial charge in [-0.15, -0.1) is 0 Å². The van der Waals surface area contributed by atoms with Crippen LogP contribution in [0.25, 0.3) is 0 Å². The summed E-state index contributed by atoms with van der Waals surface area (Å²) in [5.74, 6) is -0.737. The molecule has 0 aromatic rings. The van der Waals surface area contributed by atoms with Crippen LogP contribution in [0, 0.1) is 17.3 Å². The van der Waals surface area contributed by atoms with Crippen molar-refractivity contribution in [3.63, 3.8) is 0 Å². The van der Waals surface area contributed by atoms with E-state index in [1.165, 1.54) is 0 Å². The topological polar surface area (TPSA) is 82.1 Å². The van der Waals surface area contributed by atoms with Gasteiger partial charge in [0.1, 0.15) is 17.6 Å². The third-order valence-electron chi connectivity index (χ3n) is 7.22. The lowest BCUT2D eigenvalue weighted by molar-refractivity contribution is -0.241. The Bertz CT molecular complexity index is 685. The fraction of sp³-hybridized carbons (Fsp3) is 0.810. The van der Waals surface area contributed by atoms with E-state index in [1.807, 2.05) is 27.7 Å². The summed E-state index contributed by atoms with van der Waals surface area (Å²) in [4.78, 5) is 25.0. The molecule has 27 heavy (non-hydrogen) atoms. The molecule has 2 saturated carbocycles. The average Bonchev–Trinajstić information content (AvgIpc) is 3.07. The summed E-state index contributed by atoms with van der Waals surface area (Å²) in [6, 6.07) is 0. The monoisotopic (exact) mass is 380 g/mol. The van der Waals surface area contributed by atoms with E-state index in [2.05, 4.69) is 6.58 Å². The summed E-state index contributed by atoms with van der Waals surface area (Å²) < 4.78 is 17.7. The van der Waals surface area contributed by atoms with Crippen molar-refractivity contribution in [2.75, 3.05) is 0 Å². The number of carbonyl (C=O) groups excluding carboxylic acids is 2. The highest BCUT2D eigenvalue weighted by Crippen LogP contribution is 2.67. The number of hydrogen-bond donors (Lipinski definition) is 1. The van der Waals surface area contributed by atoms with Crippen molar-refractivity contribution in [2.45, 2.75) is 90.3 Å². The number of rotatable bonds is 6. The number of ether oxygens (including phenoxy) is 3. The average molecular weight is 380 g/mol. The summed E-state index contributed by atoms with van der Waals surface area (Å²) in [5.41, 5.74) is -3.25. The number of carbonyl (C=O) groups is 2. The van der Waals surface area contributed by atoms with Crippen LogP contribution in [0.4, 0.5) is 0 Å². The summed E-state index contributed by atoms with van der Waals surface area (Å²) in [5, 5.41) is 10.5. The van der Waals surface area contributed by atoms with Gasteiger partial charge in [-0.2, -0.15) is 0 Å². The summed E-state index contributed by atoms with van der Waals surface area (Å²) in [6.07, 6.45) is 0.459. The van der Waals surface area contributed by atoms with Gasteiger partial charge in [-0.1, -0.05) is 6.58 Å². The number of fused-ring (bicyclic) bond motifs is 1. The van der Waals surface area contributed by atoms with Crippen molar-refractivity contribution in [3.05, 3.63) is 12.2 Å². The van der Waals surface area contributed by atoms with Crippen molar-refractivity contribution in [1.82, 2.24) is 0 Å². The molecule has 2 aliphatic carbocycles. The molecular formula is C21H32O6. The minimum Gasteiger partial charge on any atom is -0.458 e. The highest BCUT2D eigenvalue weighted by molar-refractivity contribution is 5.87. The first kappa shape index (κ1) is 20.3. The van der Waals surface area contributed by atoms with E-state index in [4.69, 9.17) is 14.2 Å². The molecule has 0 aromatic carbocycles. The smallest absolute Gasteiger partial charge is 0.333 e. The molecule has 1 saturated heterocycles. The van der Waals surface area contributed by atoms with Crippen LogP contribution in [0.1, 0.15) is 61.3 Å². The molecule has 3 fully saturated rings. The Morgan fingerprint density at radius 2 is 1.85 bits per heavy atom. The Morgan fingerprint density at radius 1 is 1.26 bits per heavy atom. The van der Waals surface area contributed by atoms with Crippen molar-refractivity contribution in [2.24, 2.45) is 17.3 Å². The first-order chi connectivity index (χ1) is 12.1. The first-order valence-electron chi connectivity index (χ1n) is 9.64. The van der Waals surface area contributed by atoms with E-state index in [1.54, 1.807) is 20.8 Å². The molecule has 0 amide bonds. The van der Waals surface area contributed by atoms with E-state index in [9.17, 15) is 14.7 Å². The fourth-order valence-electron chi connectivity index (χ4n) is 5.13. The standard InChI is InChI=1S/C21H32O6/c1-11(2)16(22)25-14-12-9-13-15(14)26-17(23)21(13,10-12)20(7,8)27-19(5,6)18(3,4)24/h12-15,24H,1,9-10H2,2-8H3. The molecular weight excluding hydrogens is 348 g/mol. The minimum atomic E-state index is -1.08. The van der Waals surface area contributed by atoms with Crippen LogP contribution in [0.15, 0.2) is 12.2 Å². The van der Waals surface area contributed by atoms with Crippen molar-refractivity contribution < 1.29 is 28.9 Å². The molecule has 1 N–H and O–H groups in total. The second-order valence-corrected chi connectivity index (χ2v) is 9.98. The van der Waals surface area contributed by atoms with Gasteiger partial charge in [0.15, 0.2) is 0 Å². The van der Waals surface area contributed by atoms with Gasteiger partial charge < -0.3 is 19.3 Å². The first-order valence-corrected chi connectivity index (χ1v) is 9.64. The fourth-order valence-corrected chi connectivity index (χ4v) is 5.13.